The molecule has 0 unspecified atom stereocenters. The van der Waals surface area contributed by atoms with E-state index in [2.05, 4.69) is 0 Å². The summed E-state index contributed by atoms with van der Waals surface area (Å²) in [4.78, 5) is -0.249. The van der Waals surface area contributed by atoms with Crippen LogP contribution in [0.4, 0.5) is 0 Å². The third-order valence-electron chi connectivity index (χ3n) is 3.08. The van der Waals surface area contributed by atoms with E-state index in [1.165, 1.54) is 16.4 Å². The molecule has 112 valence electrons. The number of benzene rings is 1. The molecule has 1 fully saturated rings. The lowest BCUT2D eigenvalue weighted by Crippen LogP contribution is -2.40. The molecule has 9 heteroatoms. The number of ether oxygens (including phenoxy) is 1. The van der Waals surface area contributed by atoms with Crippen LogP contribution in [-0.2, 0) is 24.8 Å². The maximum Gasteiger partial charge on any atom is 0.243 e. The molecule has 0 saturated carbocycles. The van der Waals surface area contributed by atoms with E-state index in [0.717, 1.165) is 6.07 Å². The number of aryl methyl sites for hydroxylation is 1. The third kappa shape index (κ3) is 3.01. The van der Waals surface area contributed by atoms with Gasteiger partial charge in [0.25, 0.3) is 0 Å². The number of sulfonamides is 2. The van der Waals surface area contributed by atoms with Gasteiger partial charge in [-0.2, -0.15) is 4.31 Å². The van der Waals surface area contributed by atoms with Gasteiger partial charge in [0.05, 0.1) is 23.0 Å². The number of hydrogen-bond acceptors (Lipinski definition) is 5. The molecule has 0 radical (unpaired) electrons. The molecule has 1 heterocycles. The average molecular weight is 320 g/mol. The quantitative estimate of drug-likeness (QED) is 0.820. The number of nitrogens with two attached hydrogens (primary N) is 1. The summed E-state index contributed by atoms with van der Waals surface area (Å²) in [5, 5.41) is 5.04. The second kappa shape index (κ2) is 5.41. The minimum Gasteiger partial charge on any atom is -0.379 e. The zero-order valence-corrected chi connectivity index (χ0v) is 12.6. The Morgan fingerprint density at radius 2 is 1.75 bits per heavy atom. The lowest BCUT2D eigenvalue weighted by atomic mass is 10.2. The molecule has 0 aromatic heterocycles. The lowest BCUT2D eigenvalue weighted by molar-refractivity contribution is 0.0730. The van der Waals surface area contributed by atoms with Crippen LogP contribution in [0.1, 0.15) is 5.56 Å². The predicted molar refractivity (Wildman–Crippen MR) is 72.1 cm³/mol. The molecule has 7 nitrogen and oxygen atoms in total. The van der Waals surface area contributed by atoms with Gasteiger partial charge in [0.2, 0.25) is 20.0 Å². The first-order valence-electron chi connectivity index (χ1n) is 5.94. The van der Waals surface area contributed by atoms with Gasteiger partial charge in [-0.25, -0.2) is 22.0 Å². The molecular weight excluding hydrogens is 304 g/mol. The van der Waals surface area contributed by atoms with Crippen LogP contribution in [0.15, 0.2) is 28.0 Å². The summed E-state index contributed by atoms with van der Waals surface area (Å²) in [6.45, 7) is 2.77. The topological polar surface area (TPSA) is 107 Å². The summed E-state index contributed by atoms with van der Waals surface area (Å²) in [7, 11) is -7.68. The van der Waals surface area contributed by atoms with Crippen molar-refractivity contribution >= 4 is 20.0 Å². The molecule has 1 aromatic carbocycles. The van der Waals surface area contributed by atoms with E-state index in [4.69, 9.17) is 9.88 Å². The van der Waals surface area contributed by atoms with Crippen LogP contribution in [0.2, 0.25) is 0 Å². The maximum absolute atomic E-state index is 12.5. The Hall–Kier alpha value is -1.00. The Bertz CT molecular complexity index is 706. The van der Waals surface area contributed by atoms with Crippen molar-refractivity contribution in [3.05, 3.63) is 23.8 Å². The van der Waals surface area contributed by atoms with Crippen molar-refractivity contribution in [1.82, 2.24) is 4.31 Å². The molecule has 0 atom stereocenters. The van der Waals surface area contributed by atoms with Crippen LogP contribution in [0.3, 0.4) is 0 Å². The zero-order valence-electron chi connectivity index (χ0n) is 10.9. The fraction of sp³-hybridized carbons (Fsp3) is 0.455. The summed E-state index contributed by atoms with van der Waals surface area (Å²) >= 11 is 0. The zero-order chi connectivity index (χ0) is 15.0. The van der Waals surface area contributed by atoms with Crippen molar-refractivity contribution in [1.29, 1.82) is 0 Å². The Kier molecular flexibility index (Phi) is 4.17. The first-order valence-corrected chi connectivity index (χ1v) is 8.93. The molecule has 2 rings (SSSR count). The molecule has 20 heavy (non-hydrogen) atoms. The second-order valence-corrected chi connectivity index (χ2v) is 7.96. The van der Waals surface area contributed by atoms with Crippen LogP contribution in [-0.4, -0.2) is 47.4 Å². The molecule has 0 spiro atoms. The van der Waals surface area contributed by atoms with Crippen molar-refractivity contribution < 1.29 is 21.6 Å². The van der Waals surface area contributed by atoms with E-state index < -0.39 is 20.0 Å². The van der Waals surface area contributed by atoms with E-state index in [1.54, 1.807) is 6.92 Å². The number of morpholine rings is 1. The highest BCUT2D eigenvalue weighted by Gasteiger charge is 2.28. The number of primary sulfonamides is 1. The summed E-state index contributed by atoms with van der Waals surface area (Å²) < 4.78 is 54.1. The van der Waals surface area contributed by atoms with Gasteiger partial charge >= 0.3 is 0 Å². The van der Waals surface area contributed by atoms with Gasteiger partial charge in [0.15, 0.2) is 0 Å². The highest BCUT2D eigenvalue weighted by molar-refractivity contribution is 7.90. The van der Waals surface area contributed by atoms with Crippen LogP contribution < -0.4 is 5.14 Å². The standard InChI is InChI=1S/C11H16N2O5S2/c1-9-2-3-10(19(12,14)15)8-11(9)20(16,17)13-4-6-18-7-5-13/h2-3,8H,4-7H2,1H3,(H2,12,14,15). The monoisotopic (exact) mass is 320 g/mol. The van der Waals surface area contributed by atoms with Gasteiger partial charge < -0.3 is 4.74 Å². The summed E-state index contributed by atoms with van der Waals surface area (Å²) in [5.41, 5.74) is 0.476. The Morgan fingerprint density at radius 1 is 1.15 bits per heavy atom. The maximum atomic E-state index is 12.5. The van der Waals surface area contributed by atoms with E-state index >= 15 is 0 Å². The highest BCUT2D eigenvalue weighted by Crippen LogP contribution is 2.23. The number of rotatable bonds is 3. The Labute approximate surface area is 118 Å². The van der Waals surface area contributed by atoms with Gasteiger partial charge in [0.1, 0.15) is 0 Å². The van der Waals surface area contributed by atoms with Gasteiger partial charge in [-0.15, -0.1) is 0 Å². The Morgan fingerprint density at radius 3 is 2.30 bits per heavy atom. The smallest absolute Gasteiger partial charge is 0.243 e. The molecular formula is C11H16N2O5S2. The fourth-order valence-electron chi connectivity index (χ4n) is 1.96. The van der Waals surface area contributed by atoms with E-state index in [0.29, 0.717) is 18.8 Å². The van der Waals surface area contributed by atoms with Gasteiger partial charge in [-0.1, -0.05) is 6.07 Å². The summed E-state index contributed by atoms with van der Waals surface area (Å²) in [6, 6.07) is 3.84. The van der Waals surface area contributed by atoms with Crippen molar-refractivity contribution in [2.24, 2.45) is 5.14 Å². The van der Waals surface area contributed by atoms with Gasteiger partial charge in [-0.05, 0) is 24.6 Å². The molecule has 1 saturated heterocycles. The van der Waals surface area contributed by atoms with Gasteiger partial charge in [0, 0.05) is 13.1 Å². The second-order valence-electron chi connectivity index (χ2n) is 4.49. The van der Waals surface area contributed by atoms with Crippen LogP contribution in [0.5, 0.6) is 0 Å². The summed E-state index contributed by atoms with van der Waals surface area (Å²) in [5.74, 6) is 0. The molecule has 1 aromatic rings. The number of nitrogens with zero attached hydrogens (tertiary/aromatic N) is 1. The van der Waals surface area contributed by atoms with Crippen molar-refractivity contribution in [2.45, 2.75) is 16.7 Å². The largest absolute Gasteiger partial charge is 0.379 e. The van der Waals surface area contributed by atoms with E-state index in [9.17, 15) is 16.8 Å². The van der Waals surface area contributed by atoms with Gasteiger partial charge in [-0.3, -0.25) is 0 Å². The molecule has 0 aliphatic carbocycles. The molecule has 2 N–H and O–H groups in total. The average Bonchev–Trinajstić information content (AvgIpc) is 2.38. The Balaban J connectivity index is 2.50. The minimum absolute atomic E-state index is 0.0362. The van der Waals surface area contributed by atoms with Crippen molar-refractivity contribution in [2.75, 3.05) is 26.3 Å². The van der Waals surface area contributed by atoms with Crippen molar-refractivity contribution in [3.8, 4) is 0 Å². The normalized spacial score (nSPS) is 18.1. The predicted octanol–water partition coefficient (Wildman–Crippen LogP) is -0.337. The lowest BCUT2D eigenvalue weighted by Gasteiger charge is -2.26. The van der Waals surface area contributed by atoms with E-state index in [1.807, 2.05) is 0 Å². The van der Waals surface area contributed by atoms with Crippen LogP contribution >= 0.6 is 0 Å². The van der Waals surface area contributed by atoms with Crippen LogP contribution in [0.25, 0.3) is 0 Å². The van der Waals surface area contributed by atoms with E-state index in [-0.39, 0.29) is 22.9 Å². The third-order valence-corrected chi connectivity index (χ3v) is 6.03. The summed E-state index contributed by atoms with van der Waals surface area (Å²) in [6.07, 6.45) is 0. The first kappa shape index (κ1) is 15.4. The molecule has 1 aliphatic heterocycles. The first-order chi connectivity index (χ1) is 9.23. The highest BCUT2D eigenvalue weighted by atomic mass is 32.2. The number of hydrogen-bond donors (Lipinski definition) is 1. The van der Waals surface area contributed by atoms with Crippen molar-refractivity contribution in [3.63, 3.8) is 0 Å². The van der Waals surface area contributed by atoms with Crippen LogP contribution in [0, 0.1) is 6.92 Å². The minimum atomic E-state index is -3.94. The molecule has 1 aliphatic rings. The molecule has 0 amide bonds. The SMILES string of the molecule is Cc1ccc(S(N)(=O)=O)cc1S(=O)(=O)N1CCOCC1. The fourth-order valence-corrected chi connectivity index (χ4v) is 4.23. The molecule has 0 bridgehead atoms.